The third kappa shape index (κ3) is 7.43. The van der Waals surface area contributed by atoms with Crippen molar-refractivity contribution >= 4 is 11.8 Å². The van der Waals surface area contributed by atoms with Crippen LogP contribution in [0, 0.1) is 18.8 Å². The number of hydrogen-bond acceptors (Lipinski definition) is 7. The van der Waals surface area contributed by atoms with E-state index < -0.39 is 0 Å². The predicted molar refractivity (Wildman–Crippen MR) is 137 cm³/mol. The zero-order chi connectivity index (χ0) is 26.2. The maximum atomic E-state index is 13.1. The summed E-state index contributed by atoms with van der Waals surface area (Å²) in [6.45, 7) is 13.2. The Morgan fingerprint density at radius 2 is 1.97 bits per heavy atom. The lowest BCUT2D eigenvalue weighted by Crippen LogP contribution is -2.43. The van der Waals surface area contributed by atoms with Crippen molar-refractivity contribution in [3.63, 3.8) is 0 Å². The molecule has 0 aliphatic carbocycles. The van der Waals surface area contributed by atoms with Gasteiger partial charge in [0.25, 0.3) is 5.91 Å². The molecule has 2 amide bonds. The maximum Gasteiger partial charge on any atom is 0.251 e. The molecule has 1 aromatic heterocycles. The Labute approximate surface area is 213 Å². The van der Waals surface area contributed by atoms with Gasteiger partial charge in [0.1, 0.15) is 18.3 Å². The molecule has 0 fully saturated rings. The summed E-state index contributed by atoms with van der Waals surface area (Å²) in [6.07, 6.45) is 0.729. The van der Waals surface area contributed by atoms with E-state index in [4.69, 9.17) is 9.47 Å². The quantitative estimate of drug-likeness (QED) is 0.664. The molecule has 3 rings (SSSR count). The Bertz CT molecular complexity index is 1040. The van der Waals surface area contributed by atoms with Gasteiger partial charge in [0.2, 0.25) is 5.91 Å². The number of carbonyl (C=O) groups excluding carboxylic acids is 2. The van der Waals surface area contributed by atoms with Crippen molar-refractivity contribution in [1.29, 1.82) is 0 Å². The lowest BCUT2D eigenvalue weighted by Gasteiger charge is -2.27. The van der Waals surface area contributed by atoms with Crippen LogP contribution < -0.4 is 20.1 Å². The average Bonchev–Trinajstić information content (AvgIpc) is 3.18. The highest BCUT2D eigenvalue weighted by Crippen LogP contribution is 2.28. The van der Waals surface area contributed by atoms with E-state index in [9.17, 15) is 9.59 Å². The second kappa shape index (κ2) is 12.7. The van der Waals surface area contributed by atoms with Gasteiger partial charge in [0.05, 0.1) is 26.2 Å². The van der Waals surface area contributed by atoms with Gasteiger partial charge in [-0.2, -0.15) is 5.10 Å². The fourth-order valence-electron chi connectivity index (χ4n) is 4.35. The van der Waals surface area contributed by atoms with Gasteiger partial charge < -0.3 is 20.1 Å². The number of ether oxygens (including phenoxy) is 2. The number of nitrogens with zero attached hydrogens (tertiary/aromatic N) is 4. The molecule has 1 aliphatic heterocycles. The van der Waals surface area contributed by atoms with E-state index in [0.717, 1.165) is 13.0 Å². The van der Waals surface area contributed by atoms with E-state index in [1.807, 2.05) is 6.92 Å². The molecular weight excluding hydrogens is 460 g/mol. The fourth-order valence-corrected chi connectivity index (χ4v) is 4.35. The van der Waals surface area contributed by atoms with Crippen molar-refractivity contribution in [2.45, 2.75) is 53.6 Å². The first-order chi connectivity index (χ1) is 17.2. The highest BCUT2D eigenvalue weighted by molar-refractivity contribution is 5.94. The van der Waals surface area contributed by atoms with Crippen LogP contribution in [0.15, 0.2) is 18.2 Å². The van der Waals surface area contributed by atoms with Crippen LogP contribution in [0.4, 0.5) is 0 Å². The van der Waals surface area contributed by atoms with Gasteiger partial charge in [-0.3, -0.25) is 14.5 Å². The van der Waals surface area contributed by atoms with Crippen LogP contribution in [0.2, 0.25) is 0 Å². The van der Waals surface area contributed by atoms with Gasteiger partial charge in [-0.25, -0.2) is 9.67 Å². The summed E-state index contributed by atoms with van der Waals surface area (Å²) in [4.78, 5) is 32.6. The smallest absolute Gasteiger partial charge is 0.251 e. The van der Waals surface area contributed by atoms with Crippen molar-refractivity contribution in [3.8, 4) is 11.5 Å². The minimum atomic E-state index is -0.282. The van der Waals surface area contributed by atoms with E-state index in [2.05, 4.69) is 53.3 Å². The molecule has 0 saturated heterocycles. The third-order valence-corrected chi connectivity index (χ3v) is 5.98. The number of methoxy groups -OCH3 is 1. The highest BCUT2D eigenvalue weighted by Gasteiger charge is 2.26. The molecule has 36 heavy (non-hydrogen) atoms. The van der Waals surface area contributed by atoms with Crippen LogP contribution in [0.3, 0.4) is 0 Å². The summed E-state index contributed by atoms with van der Waals surface area (Å²) in [5.74, 6) is 2.68. The van der Waals surface area contributed by atoms with Crippen molar-refractivity contribution in [3.05, 3.63) is 35.4 Å². The molecule has 0 unspecified atom stereocenters. The molecular formula is C26H40N6O4. The summed E-state index contributed by atoms with van der Waals surface area (Å²) in [6, 6.07) is 4.88. The van der Waals surface area contributed by atoms with E-state index in [-0.39, 0.29) is 36.9 Å². The molecule has 2 N–H and O–H groups in total. The average molecular weight is 501 g/mol. The van der Waals surface area contributed by atoms with E-state index in [1.54, 1.807) is 30.0 Å². The van der Waals surface area contributed by atoms with Gasteiger partial charge in [-0.15, -0.1) is 0 Å². The van der Waals surface area contributed by atoms with Gasteiger partial charge in [-0.05, 0) is 43.4 Å². The van der Waals surface area contributed by atoms with Crippen LogP contribution in [-0.2, 0) is 11.3 Å². The first-order valence-electron chi connectivity index (χ1n) is 12.7. The summed E-state index contributed by atoms with van der Waals surface area (Å²) < 4.78 is 13.2. The van der Waals surface area contributed by atoms with Gasteiger partial charge in [0.15, 0.2) is 11.5 Å². The summed E-state index contributed by atoms with van der Waals surface area (Å²) >= 11 is 0. The molecule has 1 aliphatic rings. The van der Waals surface area contributed by atoms with Crippen molar-refractivity contribution in [1.82, 2.24) is 30.3 Å². The Balaban J connectivity index is 1.92. The Morgan fingerprint density at radius 1 is 1.19 bits per heavy atom. The molecule has 0 spiro atoms. The van der Waals surface area contributed by atoms with Crippen molar-refractivity contribution in [2.24, 2.45) is 11.8 Å². The minimum Gasteiger partial charge on any atom is -0.493 e. The number of benzene rings is 1. The van der Waals surface area contributed by atoms with Crippen LogP contribution in [0.1, 0.15) is 62.2 Å². The van der Waals surface area contributed by atoms with Crippen molar-refractivity contribution < 1.29 is 19.1 Å². The van der Waals surface area contributed by atoms with Gasteiger partial charge in [0, 0.05) is 25.2 Å². The largest absolute Gasteiger partial charge is 0.493 e. The van der Waals surface area contributed by atoms with Crippen LogP contribution >= 0.6 is 0 Å². The summed E-state index contributed by atoms with van der Waals surface area (Å²) in [5.41, 5.74) is 0.502. The molecule has 1 aromatic carbocycles. The lowest BCUT2D eigenvalue weighted by molar-refractivity contribution is -0.123. The van der Waals surface area contributed by atoms with Crippen molar-refractivity contribution in [2.75, 3.05) is 39.9 Å². The molecule has 0 saturated carbocycles. The molecule has 10 nitrogen and oxygen atoms in total. The Hall–Kier alpha value is -3.14. The van der Waals surface area contributed by atoms with Crippen LogP contribution in [0.5, 0.6) is 11.5 Å². The Morgan fingerprint density at radius 3 is 2.67 bits per heavy atom. The first kappa shape index (κ1) is 27.4. The number of aromatic nitrogens is 3. The number of carbonyl (C=O) groups is 2. The normalized spacial score (nSPS) is 18.6. The molecule has 198 valence electrons. The van der Waals surface area contributed by atoms with Crippen LogP contribution in [0.25, 0.3) is 0 Å². The summed E-state index contributed by atoms with van der Waals surface area (Å²) in [5, 5.41) is 10.7. The number of aryl methyl sites for hydroxylation is 1. The SMILES string of the molecule is COc1ccc2cc1OCCn1nc(C)nc1[C@H](C(C)C)NC(=O)CN(CC(C)C)CCCNC2=O. The maximum absolute atomic E-state index is 13.1. The number of rotatable bonds is 4. The van der Waals surface area contributed by atoms with E-state index in [0.29, 0.717) is 54.3 Å². The molecule has 2 aromatic rings. The number of hydrogen-bond donors (Lipinski definition) is 2. The molecule has 2 heterocycles. The fraction of sp³-hybridized carbons (Fsp3) is 0.615. The molecule has 1 atom stereocenters. The molecule has 0 radical (unpaired) electrons. The van der Waals surface area contributed by atoms with E-state index in [1.165, 1.54) is 0 Å². The molecule has 10 heteroatoms. The third-order valence-electron chi connectivity index (χ3n) is 5.98. The van der Waals surface area contributed by atoms with Gasteiger partial charge in [-0.1, -0.05) is 27.7 Å². The Kier molecular flexibility index (Phi) is 9.69. The number of nitrogens with one attached hydrogen (secondary N) is 2. The second-order valence-electron chi connectivity index (χ2n) is 9.98. The highest BCUT2D eigenvalue weighted by atomic mass is 16.5. The zero-order valence-corrected chi connectivity index (χ0v) is 22.3. The standard InChI is InChI=1S/C26H40N6O4/c1-17(2)15-31-11-7-10-27-26(34)20-8-9-21(35-6)22(14-20)36-13-12-32-25(28-19(5)30-32)24(18(3)4)29-23(33)16-31/h8-9,14,17-18,24H,7,10-13,15-16H2,1-6H3,(H,27,34)(H,29,33)/t24-/m0/s1. The first-order valence-corrected chi connectivity index (χ1v) is 12.7. The molecule has 2 bridgehead atoms. The van der Waals surface area contributed by atoms with E-state index >= 15 is 0 Å². The monoisotopic (exact) mass is 500 g/mol. The minimum absolute atomic E-state index is 0.0531. The number of fused-ring (bicyclic) bond motifs is 3. The van der Waals surface area contributed by atoms with Gasteiger partial charge >= 0.3 is 0 Å². The predicted octanol–water partition coefficient (Wildman–Crippen LogP) is 2.58. The lowest BCUT2D eigenvalue weighted by atomic mass is 10.0. The number of amides is 2. The summed E-state index contributed by atoms with van der Waals surface area (Å²) in [7, 11) is 1.57. The second-order valence-corrected chi connectivity index (χ2v) is 9.98. The zero-order valence-electron chi connectivity index (χ0n) is 22.3. The topological polar surface area (TPSA) is 111 Å². The van der Waals surface area contributed by atoms with Crippen LogP contribution in [-0.4, -0.2) is 71.4 Å².